The summed E-state index contributed by atoms with van der Waals surface area (Å²) in [5.41, 5.74) is 1.95. The summed E-state index contributed by atoms with van der Waals surface area (Å²) in [4.78, 5) is 0. The first-order chi connectivity index (χ1) is 9.47. The lowest BCUT2D eigenvalue weighted by atomic mass is 9.93. The lowest BCUT2D eigenvalue weighted by molar-refractivity contribution is 0.113. The molecule has 2 rings (SSSR count). The first-order valence-corrected chi connectivity index (χ1v) is 7.03. The number of rotatable bonds is 4. The molecule has 0 unspecified atom stereocenters. The Kier molecular flexibility index (Phi) is 4.58. The van der Waals surface area contributed by atoms with Crippen molar-refractivity contribution in [1.29, 1.82) is 0 Å². The van der Waals surface area contributed by atoms with Crippen LogP contribution in [0, 0.1) is 0 Å². The molecular weight excluding hydrogens is 246 g/mol. The minimum atomic E-state index is -0.571. The summed E-state index contributed by atoms with van der Waals surface area (Å²) in [7, 11) is 0. The van der Waals surface area contributed by atoms with E-state index in [9.17, 15) is 5.11 Å². The van der Waals surface area contributed by atoms with E-state index in [1.54, 1.807) is 0 Å². The van der Waals surface area contributed by atoms with Crippen molar-refractivity contribution in [2.75, 3.05) is 0 Å². The number of benzene rings is 2. The van der Waals surface area contributed by atoms with E-state index in [0.29, 0.717) is 0 Å². The molecule has 0 radical (unpaired) electrons. The normalized spacial score (nSPS) is 14.8. The maximum Gasteiger partial charge on any atom is 0.0984 e. The fraction of sp³-hybridized carbons (Fsp3) is 0.333. The van der Waals surface area contributed by atoms with E-state index in [2.05, 4.69) is 38.2 Å². The zero-order valence-corrected chi connectivity index (χ0v) is 12.4. The van der Waals surface area contributed by atoms with Gasteiger partial charge in [0.2, 0.25) is 0 Å². The van der Waals surface area contributed by atoms with E-state index in [4.69, 9.17) is 0 Å². The monoisotopic (exact) mass is 269 g/mol. The second-order valence-corrected chi connectivity index (χ2v) is 6.14. The molecule has 106 valence electrons. The van der Waals surface area contributed by atoms with Crippen LogP contribution in [0.25, 0.3) is 0 Å². The molecule has 0 heterocycles. The van der Waals surface area contributed by atoms with Crippen molar-refractivity contribution in [3.05, 3.63) is 71.8 Å². The Labute approximate surface area is 121 Å². The van der Waals surface area contributed by atoms with Crippen LogP contribution in [-0.4, -0.2) is 10.6 Å². The van der Waals surface area contributed by atoms with E-state index >= 15 is 0 Å². The van der Waals surface area contributed by atoms with E-state index < -0.39 is 6.10 Å². The van der Waals surface area contributed by atoms with Crippen molar-refractivity contribution in [2.45, 2.75) is 38.5 Å². The van der Waals surface area contributed by atoms with Crippen LogP contribution in [0.4, 0.5) is 0 Å². The quantitative estimate of drug-likeness (QED) is 0.883. The Morgan fingerprint density at radius 2 is 1.25 bits per heavy atom. The molecule has 2 aromatic rings. The number of aliphatic hydroxyl groups is 1. The average molecular weight is 269 g/mol. The molecule has 0 aromatic heterocycles. The van der Waals surface area contributed by atoms with Crippen molar-refractivity contribution in [1.82, 2.24) is 5.32 Å². The molecule has 0 aliphatic heterocycles. The zero-order chi connectivity index (χ0) is 14.6. The van der Waals surface area contributed by atoms with Crippen LogP contribution >= 0.6 is 0 Å². The molecule has 0 aliphatic carbocycles. The molecule has 0 amide bonds. The number of hydrogen-bond acceptors (Lipinski definition) is 2. The van der Waals surface area contributed by atoms with Crippen LogP contribution in [0.15, 0.2) is 60.7 Å². The predicted molar refractivity (Wildman–Crippen MR) is 83.5 cm³/mol. The molecule has 0 fully saturated rings. The highest BCUT2D eigenvalue weighted by Crippen LogP contribution is 2.30. The fourth-order valence-electron chi connectivity index (χ4n) is 2.31. The highest BCUT2D eigenvalue weighted by molar-refractivity contribution is 5.26. The summed E-state index contributed by atoms with van der Waals surface area (Å²) in [6.07, 6.45) is -0.571. The van der Waals surface area contributed by atoms with E-state index in [-0.39, 0.29) is 11.6 Å². The van der Waals surface area contributed by atoms with Gasteiger partial charge in [-0.3, -0.25) is 0 Å². The molecule has 2 N–H and O–H groups in total. The molecule has 0 saturated carbocycles. The van der Waals surface area contributed by atoms with Crippen LogP contribution in [0.5, 0.6) is 0 Å². The van der Waals surface area contributed by atoms with E-state index in [1.165, 1.54) is 0 Å². The minimum Gasteiger partial charge on any atom is -0.386 e. The minimum absolute atomic E-state index is 0.0731. The molecule has 0 bridgehead atoms. The molecule has 0 spiro atoms. The average Bonchev–Trinajstić information content (AvgIpc) is 2.45. The van der Waals surface area contributed by atoms with Gasteiger partial charge in [0.25, 0.3) is 0 Å². The third-order valence-electron chi connectivity index (χ3n) is 3.20. The number of nitrogens with one attached hydrogen (secondary N) is 1. The molecule has 20 heavy (non-hydrogen) atoms. The highest BCUT2D eigenvalue weighted by atomic mass is 16.3. The van der Waals surface area contributed by atoms with Gasteiger partial charge < -0.3 is 10.4 Å². The highest BCUT2D eigenvalue weighted by Gasteiger charge is 2.26. The Morgan fingerprint density at radius 1 is 0.800 bits per heavy atom. The Hall–Kier alpha value is -1.64. The van der Waals surface area contributed by atoms with Crippen molar-refractivity contribution in [3.63, 3.8) is 0 Å². The van der Waals surface area contributed by atoms with Gasteiger partial charge in [0, 0.05) is 5.54 Å². The van der Waals surface area contributed by atoms with Crippen molar-refractivity contribution in [3.8, 4) is 0 Å². The van der Waals surface area contributed by atoms with Crippen LogP contribution < -0.4 is 5.32 Å². The SMILES string of the molecule is CC(C)(C)N[C@H](c1ccccc1)[C@@H](O)c1ccccc1. The van der Waals surface area contributed by atoms with Gasteiger partial charge in [-0.05, 0) is 31.9 Å². The fourth-order valence-corrected chi connectivity index (χ4v) is 2.31. The van der Waals surface area contributed by atoms with Crippen LogP contribution in [-0.2, 0) is 0 Å². The molecule has 2 heteroatoms. The van der Waals surface area contributed by atoms with Gasteiger partial charge in [-0.2, -0.15) is 0 Å². The number of hydrogen-bond donors (Lipinski definition) is 2. The predicted octanol–water partition coefficient (Wildman–Crippen LogP) is 3.85. The van der Waals surface area contributed by atoms with Gasteiger partial charge in [0.15, 0.2) is 0 Å². The van der Waals surface area contributed by atoms with Gasteiger partial charge in [0.05, 0.1) is 12.1 Å². The smallest absolute Gasteiger partial charge is 0.0984 e. The molecule has 2 aromatic carbocycles. The third-order valence-corrected chi connectivity index (χ3v) is 3.20. The van der Waals surface area contributed by atoms with Crippen molar-refractivity contribution in [2.24, 2.45) is 0 Å². The maximum absolute atomic E-state index is 10.7. The summed E-state index contributed by atoms with van der Waals surface area (Å²) >= 11 is 0. The summed E-state index contributed by atoms with van der Waals surface area (Å²) in [6, 6.07) is 19.8. The lowest BCUT2D eigenvalue weighted by Crippen LogP contribution is -2.41. The molecule has 2 nitrogen and oxygen atoms in total. The molecular formula is C18H23NO. The van der Waals surface area contributed by atoms with Gasteiger partial charge in [-0.1, -0.05) is 60.7 Å². The zero-order valence-electron chi connectivity index (χ0n) is 12.4. The standard InChI is InChI=1S/C18H23NO/c1-18(2,3)19-16(14-10-6-4-7-11-14)17(20)15-12-8-5-9-13-15/h4-13,16-17,19-20H,1-3H3/t16-,17+/m1/s1. The van der Waals surface area contributed by atoms with Crippen molar-refractivity contribution >= 4 is 0 Å². The Morgan fingerprint density at radius 3 is 1.70 bits per heavy atom. The summed E-state index contributed by atoms with van der Waals surface area (Å²) in [6.45, 7) is 6.34. The second-order valence-electron chi connectivity index (χ2n) is 6.14. The summed E-state index contributed by atoms with van der Waals surface area (Å²) in [5, 5.41) is 14.3. The van der Waals surface area contributed by atoms with E-state index in [0.717, 1.165) is 11.1 Å². The van der Waals surface area contributed by atoms with E-state index in [1.807, 2.05) is 48.5 Å². The van der Waals surface area contributed by atoms with Gasteiger partial charge in [-0.25, -0.2) is 0 Å². The van der Waals surface area contributed by atoms with Gasteiger partial charge in [-0.15, -0.1) is 0 Å². The van der Waals surface area contributed by atoms with Crippen LogP contribution in [0.3, 0.4) is 0 Å². The van der Waals surface area contributed by atoms with Gasteiger partial charge in [0.1, 0.15) is 0 Å². The molecule has 0 aliphatic rings. The Bertz CT molecular complexity index is 516. The van der Waals surface area contributed by atoms with Crippen LogP contribution in [0.1, 0.15) is 44.0 Å². The lowest BCUT2D eigenvalue weighted by Gasteiger charge is -2.32. The third kappa shape index (κ3) is 3.92. The molecule has 0 saturated heterocycles. The summed E-state index contributed by atoms with van der Waals surface area (Å²) in [5.74, 6) is 0. The Balaban J connectivity index is 2.32. The first-order valence-electron chi connectivity index (χ1n) is 7.03. The first kappa shape index (κ1) is 14.8. The number of aliphatic hydroxyl groups excluding tert-OH is 1. The molecule has 2 atom stereocenters. The largest absolute Gasteiger partial charge is 0.386 e. The van der Waals surface area contributed by atoms with Gasteiger partial charge >= 0.3 is 0 Å². The van der Waals surface area contributed by atoms with Crippen molar-refractivity contribution < 1.29 is 5.11 Å². The maximum atomic E-state index is 10.7. The second kappa shape index (κ2) is 6.21. The van der Waals surface area contributed by atoms with Crippen LogP contribution in [0.2, 0.25) is 0 Å². The summed E-state index contributed by atoms with van der Waals surface area (Å²) < 4.78 is 0. The topological polar surface area (TPSA) is 32.3 Å².